The van der Waals surface area contributed by atoms with E-state index >= 15 is 0 Å². The average Bonchev–Trinajstić information content (AvgIpc) is 2.40. The monoisotopic (exact) mass is 266 g/mol. The quantitative estimate of drug-likeness (QED) is 0.716. The van der Waals surface area contributed by atoms with Gasteiger partial charge in [0.1, 0.15) is 17.2 Å². The average molecular weight is 266 g/mol. The fraction of sp³-hybridized carbons (Fsp3) is 0.625. The number of phenolic OH excluding ortho intramolecular Hbond substituents is 1. The van der Waals surface area contributed by atoms with Crippen LogP contribution in [0.4, 0.5) is 0 Å². The smallest absolute Gasteiger partial charge is 0.132 e. The molecular weight excluding hydrogens is 240 g/mol. The molecule has 0 aliphatic carbocycles. The SMILES string of the molecule is CCCCCCc1c(O)cc(OCC)c(C)c1OC. The zero-order chi connectivity index (χ0) is 14.3. The Bertz CT molecular complexity index is 399. The first kappa shape index (κ1) is 15.7. The number of hydrogen-bond acceptors (Lipinski definition) is 3. The molecule has 0 fully saturated rings. The van der Waals surface area contributed by atoms with Gasteiger partial charge in [0.2, 0.25) is 0 Å². The van der Waals surface area contributed by atoms with Crippen LogP contribution in [0, 0.1) is 6.92 Å². The van der Waals surface area contributed by atoms with Gasteiger partial charge in [-0.2, -0.15) is 0 Å². The molecule has 108 valence electrons. The van der Waals surface area contributed by atoms with Crippen molar-refractivity contribution in [1.29, 1.82) is 0 Å². The molecule has 0 spiro atoms. The van der Waals surface area contributed by atoms with Crippen molar-refractivity contribution in [2.45, 2.75) is 52.9 Å². The normalized spacial score (nSPS) is 10.5. The van der Waals surface area contributed by atoms with Crippen molar-refractivity contribution in [1.82, 2.24) is 0 Å². The molecule has 0 saturated carbocycles. The van der Waals surface area contributed by atoms with Crippen LogP contribution in [0.15, 0.2) is 6.07 Å². The Morgan fingerprint density at radius 3 is 2.47 bits per heavy atom. The highest BCUT2D eigenvalue weighted by Gasteiger charge is 2.16. The van der Waals surface area contributed by atoms with Crippen molar-refractivity contribution in [3.8, 4) is 17.2 Å². The predicted molar refractivity (Wildman–Crippen MR) is 78.4 cm³/mol. The molecule has 0 aromatic heterocycles. The highest BCUT2D eigenvalue weighted by atomic mass is 16.5. The lowest BCUT2D eigenvalue weighted by Gasteiger charge is -2.17. The fourth-order valence-electron chi connectivity index (χ4n) is 2.33. The van der Waals surface area contributed by atoms with Crippen LogP contribution in [-0.4, -0.2) is 18.8 Å². The van der Waals surface area contributed by atoms with E-state index < -0.39 is 0 Å². The Morgan fingerprint density at radius 2 is 1.89 bits per heavy atom. The number of ether oxygens (including phenoxy) is 2. The topological polar surface area (TPSA) is 38.7 Å². The van der Waals surface area contributed by atoms with Crippen LogP contribution in [0.25, 0.3) is 0 Å². The largest absolute Gasteiger partial charge is 0.507 e. The first-order valence-corrected chi connectivity index (χ1v) is 7.17. The molecule has 0 atom stereocenters. The molecule has 3 heteroatoms. The number of hydrogen-bond donors (Lipinski definition) is 1. The Kier molecular flexibility index (Phi) is 6.54. The van der Waals surface area contributed by atoms with Crippen LogP contribution in [0.1, 0.15) is 50.7 Å². The van der Waals surface area contributed by atoms with Gasteiger partial charge in [-0.15, -0.1) is 0 Å². The minimum atomic E-state index is 0.280. The van der Waals surface area contributed by atoms with E-state index in [4.69, 9.17) is 9.47 Å². The molecule has 1 aromatic carbocycles. The van der Waals surface area contributed by atoms with Gasteiger partial charge < -0.3 is 14.6 Å². The standard InChI is InChI=1S/C16H26O3/c1-5-7-8-9-10-13-14(17)11-15(19-6-2)12(3)16(13)18-4/h11,17H,5-10H2,1-4H3. The number of phenols is 1. The molecule has 0 saturated heterocycles. The minimum absolute atomic E-state index is 0.280. The van der Waals surface area contributed by atoms with Gasteiger partial charge in [0.05, 0.1) is 13.7 Å². The van der Waals surface area contributed by atoms with E-state index in [1.54, 1.807) is 13.2 Å². The molecule has 3 nitrogen and oxygen atoms in total. The van der Waals surface area contributed by atoms with E-state index in [1.165, 1.54) is 19.3 Å². The Balaban J connectivity index is 2.93. The summed E-state index contributed by atoms with van der Waals surface area (Å²) in [5.41, 5.74) is 1.87. The third-order valence-corrected chi connectivity index (χ3v) is 3.35. The maximum absolute atomic E-state index is 10.2. The summed E-state index contributed by atoms with van der Waals surface area (Å²) in [6, 6.07) is 1.70. The summed E-state index contributed by atoms with van der Waals surface area (Å²) in [6.07, 6.45) is 5.56. The fourth-order valence-corrected chi connectivity index (χ4v) is 2.33. The number of methoxy groups -OCH3 is 1. The van der Waals surface area contributed by atoms with E-state index in [0.717, 1.165) is 29.7 Å². The zero-order valence-electron chi connectivity index (χ0n) is 12.6. The predicted octanol–water partition coefficient (Wildman–Crippen LogP) is 4.23. The van der Waals surface area contributed by atoms with Crippen LogP contribution < -0.4 is 9.47 Å². The molecule has 19 heavy (non-hydrogen) atoms. The summed E-state index contributed by atoms with van der Waals surface area (Å²) >= 11 is 0. The van der Waals surface area contributed by atoms with E-state index in [0.29, 0.717) is 12.4 Å². The Labute approximate surface area is 116 Å². The molecule has 0 unspecified atom stereocenters. The summed E-state index contributed by atoms with van der Waals surface area (Å²) in [5.74, 6) is 1.75. The molecule has 1 aromatic rings. The lowest BCUT2D eigenvalue weighted by molar-refractivity contribution is 0.327. The van der Waals surface area contributed by atoms with E-state index in [1.807, 2.05) is 13.8 Å². The first-order chi connectivity index (χ1) is 9.15. The van der Waals surface area contributed by atoms with Crippen LogP contribution in [-0.2, 0) is 6.42 Å². The number of benzene rings is 1. The van der Waals surface area contributed by atoms with Gasteiger partial charge >= 0.3 is 0 Å². The Morgan fingerprint density at radius 1 is 1.16 bits per heavy atom. The van der Waals surface area contributed by atoms with Gasteiger partial charge in [-0.05, 0) is 26.7 Å². The third-order valence-electron chi connectivity index (χ3n) is 3.35. The van der Waals surface area contributed by atoms with Gasteiger partial charge in [-0.1, -0.05) is 26.2 Å². The van der Waals surface area contributed by atoms with Crippen LogP contribution >= 0.6 is 0 Å². The van der Waals surface area contributed by atoms with E-state index in [-0.39, 0.29) is 5.75 Å². The van der Waals surface area contributed by atoms with Gasteiger partial charge in [-0.3, -0.25) is 0 Å². The number of rotatable bonds is 8. The number of aromatic hydroxyl groups is 1. The van der Waals surface area contributed by atoms with Crippen molar-refractivity contribution in [2.24, 2.45) is 0 Å². The molecule has 0 amide bonds. The third kappa shape index (κ3) is 4.05. The zero-order valence-corrected chi connectivity index (χ0v) is 12.6. The van der Waals surface area contributed by atoms with Crippen LogP contribution in [0.5, 0.6) is 17.2 Å². The molecule has 0 radical (unpaired) electrons. The van der Waals surface area contributed by atoms with Crippen molar-refractivity contribution in [3.05, 3.63) is 17.2 Å². The van der Waals surface area contributed by atoms with Crippen molar-refractivity contribution in [2.75, 3.05) is 13.7 Å². The molecule has 0 bridgehead atoms. The molecule has 0 heterocycles. The molecule has 1 rings (SSSR count). The second-order valence-electron chi connectivity index (χ2n) is 4.77. The minimum Gasteiger partial charge on any atom is -0.507 e. The lowest BCUT2D eigenvalue weighted by Crippen LogP contribution is -2.01. The summed E-state index contributed by atoms with van der Waals surface area (Å²) < 4.78 is 11.0. The van der Waals surface area contributed by atoms with E-state index in [2.05, 4.69) is 6.92 Å². The second kappa shape index (κ2) is 7.93. The first-order valence-electron chi connectivity index (χ1n) is 7.17. The maximum Gasteiger partial charge on any atom is 0.132 e. The van der Waals surface area contributed by atoms with Crippen LogP contribution in [0.3, 0.4) is 0 Å². The van der Waals surface area contributed by atoms with Gasteiger partial charge in [0.15, 0.2) is 0 Å². The second-order valence-corrected chi connectivity index (χ2v) is 4.77. The van der Waals surface area contributed by atoms with Gasteiger partial charge in [-0.25, -0.2) is 0 Å². The van der Waals surface area contributed by atoms with Crippen LogP contribution in [0.2, 0.25) is 0 Å². The van der Waals surface area contributed by atoms with Crippen molar-refractivity contribution < 1.29 is 14.6 Å². The Hall–Kier alpha value is -1.38. The summed E-state index contributed by atoms with van der Waals surface area (Å²) in [7, 11) is 1.65. The summed E-state index contributed by atoms with van der Waals surface area (Å²) in [6.45, 7) is 6.68. The number of unbranched alkanes of at least 4 members (excludes halogenated alkanes) is 3. The van der Waals surface area contributed by atoms with Crippen molar-refractivity contribution >= 4 is 0 Å². The van der Waals surface area contributed by atoms with Gasteiger partial charge in [0.25, 0.3) is 0 Å². The highest BCUT2D eigenvalue weighted by Crippen LogP contribution is 2.39. The summed E-state index contributed by atoms with van der Waals surface area (Å²) in [5, 5.41) is 10.2. The van der Waals surface area contributed by atoms with Crippen molar-refractivity contribution in [3.63, 3.8) is 0 Å². The highest BCUT2D eigenvalue weighted by molar-refractivity contribution is 5.56. The molecule has 0 aliphatic rings. The molecule has 0 aliphatic heterocycles. The van der Waals surface area contributed by atoms with E-state index in [9.17, 15) is 5.11 Å². The summed E-state index contributed by atoms with van der Waals surface area (Å²) in [4.78, 5) is 0. The molecule has 1 N–H and O–H groups in total. The molecular formula is C16H26O3. The lowest BCUT2D eigenvalue weighted by atomic mass is 10.0. The van der Waals surface area contributed by atoms with Gasteiger partial charge in [0, 0.05) is 17.2 Å². The maximum atomic E-state index is 10.2.